The third-order valence-corrected chi connectivity index (χ3v) is 2.42. The molecule has 0 atom stereocenters. The summed E-state index contributed by atoms with van der Waals surface area (Å²) in [6.45, 7) is 0. The molecule has 2 aromatic rings. The third-order valence-electron chi connectivity index (χ3n) is 2.19. The summed E-state index contributed by atoms with van der Waals surface area (Å²) in [5.41, 5.74) is 2.16. The van der Waals surface area contributed by atoms with Crippen LogP contribution in [0.4, 0.5) is 5.69 Å². The number of rotatable bonds is 2. The number of benzene rings is 1. The van der Waals surface area contributed by atoms with Crippen molar-refractivity contribution in [3.8, 4) is 0 Å². The number of aromatic nitrogens is 1. The van der Waals surface area contributed by atoms with Crippen LogP contribution in [0.25, 0.3) is 11.1 Å². The van der Waals surface area contributed by atoms with Crippen molar-refractivity contribution in [3.05, 3.63) is 24.6 Å². The Labute approximate surface area is 91.4 Å². The molecule has 0 bridgehead atoms. The lowest BCUT2D eigenvalue weighted by molar-refractivity contribution is -0.116. The van der Waals surface area contributed by atoms with Gasteiger partial charge in [0.2, 0.25) is 5.91 Å². The van der Waals surface area contributed by atoms with E-state index in [0.29, 0.717) is 5.58 Å². The van der Waals surface area contributed by atoms with Gasteiger partial charge in [-0.1, -0.05) is 0 Å². The Morgan fingerprint density at radius 1 is 1.60 bits per heavy atom. The molecular weight excluding hydrogens is 216 g/mol. The Kier molecular flexibility index (Phi) is 2.60. The van der Waals surface area contributed by atoms with E-state index in [9.17, 15) is 4.79 Å². The molecule has 0 aliphatic heterocycles. The van der Waals surface area contributed by atoms with E-state index in [1.807, 2.05) is 0 Å². The van der Waals surface area contributed by atoms with Crippen molar-refractivity contribution in [3.63, 3.8) is 0 Å². The summed E-state index contributed by atoms with van der Waals surface area (Å²) in [4.78, 5) is 16.8. The molecule has 0 spiro atoms. The fourth-order valence-electron chi connectivity index (χ4n) is 1.29. The minimum atomic E-state index is -0.157. The molecular formula is C10H9ClN2O2. The van der Waals surface area contributed by atoms with E-state index in [0.717, 1.165) is 11.2 Å². The molecule has 1 aromatic heterocycles. The molecule has 15 heavy (non-hydrogen) atoms. The minimum Gasteiger partial charge on any atom is -0.443 e. The highest BCUT2D eigenvalue weighted by molar-refractivity contribution is 6.29. The van der Waals surface area contributed by atoms with E-state index in [4.69, 9.17) is 16.0 Å². The van der Waals surface area contributed by atoms with Crippen molar-refractivity contribution < 1.29 is 9.21 Å². The van der Waals surface area contributed by atoms with E-state index in [1.165, 1.54) is 11.3 Å². The van der Waals surface area contributed by atoms with Gasteiger partial charge in [0.05, 0.1) is 0 Å². The fraction of sp³-hybridized carbons (Fsp3) is 0.200. The molecule has 1 aromatic carbocycles. The number of carbonyl (C=O) groups is 1. The minimum absolute atomic E-state index is 0.0368. The number of hydrogen-bond acceptors (Lipinski definition) is 3. The number of oxazole rings is 1. The van der Waals surface area contributed by atoms with Gasteiger partial charge in [-0.15, -0.1) is 11.6 Å². The molecule has 0 aliphatic rings. The number of fused-ring (bicyclic) bond motifs is 1. The van der Waals surface area contributed by atoms with Gasteiger partial charge in [0.15, 0.2) is 12.0 Å². The zero-order valence-electron chi connectivity index (χ0n) is 8.11. The van der Waals surface area contributed by atoms with Crippen molar-refractivity contribution in [1.82, 2.24) is 4.98 Å². The van der Waals surface area contributed by atoms with E-state index in [1.54, 1.807) is 25.2 Å². The number of alkyl halides is 1. The Balaban J connectivity index is 2.39. The maximum atomic E-state index is 11.3. The molecule has 4 nitrogen and oxygen atoms in total. The van der Waals surface area contributed by atoms with Gasteiger partial charge < -0.3 is 9.32 Å². The van der Waals surface area contributed by atoms with Crippen molar-refractivity contribution >= 4 is 34.3 Å². The van der Waals surface area contributed by atoms with Crippen LogP contribution in [0.15, 0.2) is 29.0 Å². The highest BCUT2D eigenvalue weighted by atomic mass is 35.5. The number of hydrogen-bond donors (Lipinski definition) is 0. The Morgan fingerprint density at radius 2 is 2.40 bits per heavy atom. The van der Waals surface area contributed by atoms with Gasteiger partial charge >= 0.3 is 0 Å². The van der Waals surface area contributed by atoms with Gasteiger partial charge in [-0.05, 0) is 12.1 Å². The zero-order valence-corrected chi connectivity index (χ0v) is 8.86. The molecule has 1 heterocycles. The smallest absolute Gasteiger partial charge is 0.241 e. The molecule has 0 aliphatic carbocycles. The molecule has 2 rings (SSSR count). The molecule has 5 heteroatoms. The summed E-state index contributed by atoms with van der Waals surface area (Å²) in [5, 5.41) is 0. The number of halogens is 1. The molecule has 0 saturated heterocycles. The van der Waals surface area contributed by atoms with Gasteiger partial charge in [-0.2, -0.15) is 0 Å². The van der Waals surface area contributed by atoms with E-state index >= 15 is 0 Å². The van der Waals surface area contributed by atoms with Crippen LogP contribution >= 0.6 is 11.6 Å². The number of carbonyl (C=O) groups excluding carboxylic acids is 1. The Hall–Kier alpha value is -1.55. The van der Waals surface area contributed by atoms with Gasteiger partial charge in [-0.25, -0.2) is 4.98 Å². The molecule has 0 fully saturated rings. The monoisotopic (exact) mass is 224 g/mol. The summed E-state index contributed by atoms with van der Waals surface area (Å²) in [6.07, 6.45) is 1.37. The second-order valence-corrected chi connectivity index (χ2v) is 3.36. The molecule has 0 unspecified atom stereocenters. The van der Waals surface area contributed by atoms with Gasteiger partial charge in [-0.3, -0.25) is 4.79 Å². The third kappa shape index (κ3) is 1.80. The summed E-state index contributed by atoms with van der Waals surface area (Å²) < 4.78 is 5.14. The van der Waals surface area contributed by atoms with Crippen LogP contribution in [0.2, 0.25) is 0 Å². The highest BCUT2D eigenvalue weighted by Gasteiger charge is 2.10. The lowest BCUT2D eigenvalue weighted by Gasteiger charge is -2.15. The van der Waals surface area contributed by atoms with Crippen LogP contribution in [0, 0.1) is 0 Å². The van der Waals surface area contributed by atoms with Gasteiger partial charge in [0, 0.05) is 18.8 Å². The summed E-state index contributed by atoms with van der Waals surface area (Å²) in [7, 11) is 1.67. The van der Waals surface area contributed by atoms with Crippen LogP contribution in [-0.2, 0) is 4.79 Å². The van der Waals surface area contributed by atoms with Crippen LogP contribution in [0.1, 0.15) is 0 Å². The zero-order chi connectivity index (χ0) is 10.8. The highest BCUT2D eigenvalue weighted by Crippen LogP contribution is 2.20. The first-order chi connectivity index (χ1) is 7.22. The number of amides is 1. The Bertz CT molecular complexity index is 495. The number of nitrogens with zero attached hydrogens (tertiary/aromatic N) is 2. The van der Waals surface area contributed by atoms with Gasteiger partial charge in [0.1, 0.15) is 11.4 Å². The van der Waals surface area contributed by atoms with Crippen molar-refractivity contribution in [2.45, 2.75) is 0 Å². The normalized spacial score (nSPS) is 10.5. The van der Waals surface area contributed by atoms with E-state index in [2.05, 4.69) is 4.98 Å². The molecule has 0 saturated carbocycles. The van der Waals surface area contributed by atoms with Gasteiger partial charge in [0.25, 0.3) is 0 Å². The van der Waals surface area contributed by atoms with Crippen LogP contribution < -0.4 is 4.90 Å². The lowest BCUT2D eigenvalue weighted by atomic mass is 10.2. The Morgan fingerprint density at radius 3 is 3.13 bits per heavy atom. The van der Waals surface area contributed by atoms with Crippen LogP contribution in [0.5, 0.6) is 0 Å². The largest absolute Gasteiger partial charge is 0.443 e. The molecule has 0 radical (unpaired) electrons. The molecule has 78 valence electrons. The SMILES string of the molecule is CN(C(=O)CCl)c1ccc2ncoc2c1. The van der Waals surface area contributed by atoms with Crippen molar-refractivity contribution in [2.75, 3.05) is 17.8 Å². The lowest BCUT2D eigenvalue weighted by Crippen LogP contribution is -2.27. The average molecular weight is 225 g/mol. The summed E-state index contributed by atoms with van der Waals surface area (Å²) in [6, 6.07) is 5.36. The van der Waals surface area contributed by atoms with Crippen LogP contribution in [0.3, 0.4) is 0 Å². The first kappa shape index (κ1) is 9.98. The average Bonchev–Trinajstić information content (AvgIpc) is 2.73. The molecule has 1 amide bonds. The topological polar surface area (TPSA) is 46.3 Å². The summed E-state index contributed by atoms with van der Waals surface area (Å²) in [5.74, 6) is -0.194. The van der Waals surface area contributed by atoms with Crippen LogP contribution in [-0.4, -0.2) is 23.8 Å². The quantitative estimate of drug-likeness (QED) is 0.734. The first-order valence-corrected chi connectivity index (χ1v) is 4.91. The fourth-order valence-corrected chi connectivity index (χ4v) is 1.47. The summed E-state index contributed by atoms with van der Waals surface area (Å²) >= 11 is 5.47. The van der Waals surface area contributed by atoms with E-state index in [-0.39, 0.29) is 11.8 Å². The van der Waals surface area contributed by atoms with Crippen molar-refractivity contribution in [2.24, 2.45) is 0 Å². The second-order valence-electron chi connectivity index (χ2n) is 3.09. The maximum Gasteiger partial charge on any atom is 0.241 e. The van der Waals surface area contributed by atoms with Crippen molar-refractivity contribution in [1.29, 1.82) is 0 Å². The maximum absolute atomic E-state index is 11.3. The standard InChI is InChI=1S/C10H9ClN2O2/c1-13(10(14)5-11)7-2-3-8-9(4-7)15-6-12-8/h2-4,6H,5H2,1H3. The second kappa shape index (κ2) is 3.90. The first-order valence-electron chi connectivity index (χ1n) is 4.38. The predicted molar refractivity (Wildman–Crippen MR) is 58.1 cm³/mol. The predicted octanol–water partition coefficient (Wildman–Crippen LogP) is 2.03. The van der Waals surface area contributed by atoms with E-state index < -0.39 is 0 Å². The molecule has 0 N–H and O–H groups in total. The number of anilines is 1.